The van der Waals surface area contributed by atoms with E-state index in [-0.39, 0.29) is 29.8 Å². The summed E-state index contributed by atoms with van der Waals surface area (Å²) in [5.41, 5.74) is 2.64. The van der Waals surface area contributed by atoms with Gasteiger partial charge < -0.3 is 4.18 Å². The highest BCUT2D eigenvalue weighted by Gasteiger charge is 2.25. The van der Waals surface area contributed by atoms with Gasteiger partial charge in [0.25, 0.3) is 0 Å². The van der Waals surface area contributed by atoms with Crippen LogP contribution in [0.2, 0.25) is 0 Å². The van der Waals surface area contributed by atoms with Gasteiger partial charge in [-0.3, -0.25) is 4.79 Å². The van der Waals surface area contributed by atoms with Crippen molar-refractivity contribution in [1.82, 2.24) is 0 Å². The van der Waals surface area contributed by atoms with Crippen molar-refractivity contribution in [2.45, 2.75) is 46.0 Å². The fourth-order valence-electron chi connectivity index (χ4n) is 2.97. The Morgan fingerprint density at radius 1 is 1.00 bits per heavy atom. The molecule has 0 atom stereocenters. The number of carbonyl (C=O) groups is 1. The monoisotopic (exact) mass is 375 g/mol. The van der Waals surface area contributed by atoms with Crippen LogP contribution >= 0.6 is 0 Å². The second kappa shape index (κ2) is 8.01. The van der Waals surface area contributed by atoms with Crippen LogP contribution in [0.4, 0.5) is 0 Å². The van der Waals surface area contributed by atoms with Gasteiger partial charge in [-0.15, -0.1) is 0 Å². The molecule has 0 fully saturated rings. The molecule has 2 aromatic carbocycles. The van der Waals surface area contributed by atoms with Crippen molar-refractivity contribution < 1.29 is 17.4 Å². The summed E-state index contributed by atoms with van der Waals surface area (Å²) in [6.07, 6.45) is 0.233. The molecule has 0 aliphatic rings. The maximum Gasteiger partial charge on any atom is 0.380 e. The number of ketones is 1. The van der Waals surface area contributed by atoms with E-state index in [9.17, 15) is 13.2 Å². The summed E-state index contributed by atoms with van der Waals surface area (Å²) < 4.78 is 28.3. The maximum atomic E-state index is 12.9. The lowest BCUT2D eigenvalue weighted by molar-refractivity contribution is 0.0991. The third-order valence-electron chi connectivity index (χ3n) is 4.13. The van der Waals surface area contributed by atoms with Gasteiger partial charge in [0.15, 0.2) is 11.5 Å². The molecule has 0 heterocycles. The number of hydrogen-bond acceptors (Lipinski definition) is 4. The van der Waals surface area contributed by atoms with Crippen LogP contribution < -0.4 is 9.32 Å². The topological polar surface area (TPSA) is 86.5 Å². The van der Waals surface area contributed by atoms with Crippen molar-refractivity contribution in [3.63, 3.8) is 0 Å². The number of carbonyl (C=O) groups excluding carboxylic acids is 1. The molecule has 0 aliphatic carbocycles. The second-order valence-corrected chi connectivity index (χ2v) is 8.07. The Labute approximate surface area is 155 Å². The minimum atomic E-state index is -4.20. The van der Waals surface area contributed by atoms with Gasteiger partial charge in [-0.25, -0.2) is 0 Å². The van der Waals surface area contributed by atoms with Crippen LogP contribution in [-0.4, -0.2) is 14.2 Å². The van der Waals surface area contributed by atoms with Crippen molar-refractivity contribution in [3.05, 3.63) is 64.7 Å². The van der Waals surface area contributed by atoms with Crippen LogP contribution in [0.3, 0.4) is 0 Å². The van der Waals surface area contributed by atoms with E-state index in [4.69, 9.17) is 9.32 Å². The molecule has 2 rings (SSSR count). The molecule has 0 radical (unpaired) electrons. The SMILES string of the molecule is CC(C)c1ccc(C(=O)Cc2ccccc2)c(C(C)C)c1OS(N)(=O)=O. The summed E-state index contributed by atoms with van der Waals surface area (Å²) in [4.78, 5) is 12.9. The molecule has 2 N–H and O–H groups in total. The molecule has 140 valence electrons. The molecule has 0 unspecified atom stereocenters. The molecule has 0 saturated heterocycles. The lowest BCUT2D eigenvalue weighted by Crippen LogP contribution is -2.22. The lowest BCUT2D eigenvalue weighted by Gasteiger charge is -2.21. The van der Waals surface area contributed by atoms with Crippen LogP contribution in [0.15, 0.2) is 42.5 Å². The van der Waals surface area contributed by atoms with Crippen LogP contribution in [0, 0.1) is 0 Å². The highest BCUT2D eigenvalue weighted by atomic mass is 32.2. The largest absolute Gasteiger partial charge is 0.380 e. The van der Waals surface area contributed by atoms with Crippen molar-refractivity contribution in [2.24, 2.45) is 5.14 Å². The molecule has 0 bridgehead atoms. The number of benzene rings is 2. The standard InChI is InChI=1S/C20H25NO4S/c1-13(2)16-10-11-17(18(22)12-15-8-6-5-7-9-15)19(14(3)4)20(16)25-26(21,23)24/h5-11,13-14H,12H2,1-4H3,(H2,21,23,24). The third kappa shape index (κ3) is 4.93. The Kier molecular flexibility index (Phi) is 6.21. The van der Waals surface area contributed by atoms with E-state index >= 15 is 0 Å². The quantitative estimate of drug-likeness (QED) is 0.743. The van der Waals surface area contributed by atoms with Crippen LogP contribution in [0.5, 0.6) is 5.75 Å². The van der Waals surface area contributed by atoms with Crippen LogP contribution in [0.25, 0.3) is 0 Å². The maximum absolute atomic E-state index is 12.9. The molecule has 0 spiro atoms. The molecule has 26 heavy (non-hydrogen) atoms. The number of rotatable bonds is 7. The average molecular weight is 375 g/mol. The molecule has 0 amide bonds. The summed E-state index contributed by atoms with van der Waals surface area (Å²) in [5, 5.41) is 5.12. The van der Waals surface area contributed by atoms with E-state index < -0.39 is 10.3 Å². The fraction of sp³-hybridized carbons (Fsp3) is 0.350. The highest BCUT2D eigenvalue weighted by Crippen LogP contribution is 2.38. The van der Waals surface area contributed by atoms with Gasteiger partial charge in [0.05, 0.1) is 0 Å². The second-order valence-electron chi connectivity index (χ2n) is 6.92. The van der Waals surface area contributed by atoms with Crippen molar-refractivity contribution in [3.8, 4) is 5.75 Å². The predicted octanol–water partition coefficient (Wildman–Crippen LogP) is 3.94. The van der Waals surface area contributed by atoms with Gasteiger partial charge in [0, 0.05) is 17.5 Å². The highest BCUT2D eigenvalue weighted by molar-refractivity contribution is 7.84. The first-order valence-electron chi connectivity index (χ1n) is 8.56. The summed E-state index contributed by atoms with van der Waals surface area (Å²) in [7, 11) is -4.20. The van der Waals surface area contributed by atoms with E-state index in [0.717, 1.165) is 5.56 Å². The molecular weight excluding hydrogens is 350 g/mol. The van der Waals surface area contributed by atoms with Gasteiger partial charge in [0.1, 0.15) is 0 Å². The van der Waals surface area contributed by atoms with Gasteiger partial charge in [-0.1, -0.05) is 70.2 Å². The minimum absolute atomic E-state index is 0.0162. The molecule has 0 aliphatic heterocycles. The zero-order valence-electron chi connectivity index (χ0n) is 15.5. The van der Waals surface area contributed by atoms with Crippen LogP contribution in [0.1, 0.15) is 66.6 Å². The predicted molar refractivity (Wildman–Crippen MR) is 103 cm³/mol. The molecule has 5 nitrogen and oxygen atoms in total. The van der Waals surface area contributed by atoms with E-state index in [1.165, 1.54) is 0 Å². The van der Waals surface area contributed by atoms with Gasteiger partial charge >= 0.3 is 10.3 Å². The molecule has 2 aromatic rings. The molecule has 0 aromatic heterocycles. The summed E-state index contributed by atoms with van der Waals surface area (Å²) in [5.74, 6) is -0.00594. The van der Waals surface area contributed by atoms with E-state index in [1.54, 1.807) is 12.1 Å². The Balaban J connectivity index is 2.59. The van der Waals surface area contributed by atoms with Gasteiger partial charge in [-0.05, 0) is 23.0 Å². The third-order valence-corrected chi connectivity index (χ3v) is 4.53. The number of nitrogens with two attached hydrogens (primary N) is 1. The molecular formula is C20H25NO4S. The Hall–Kier alpha value is -2.18. The van der Waals surface area contributed by atoms with Gasteiger partial charge in [-0.2, -0.15) is 13.6 Å². The smallest absolute Gasteiger partial charge is 0.370 e. The first-order valence-corrected chi connectivity index (χ1v) is 10.0. The normalized spacial score (nSPS) is 11.8. The summed E-state index contributed by atoms with van der Waals surface area (Å²) in [6.45, 7) is 7.66. The van der Waals surface area contributed by atoms with E-state index in [0.29, 0.717) is 16.7 Å². The number of hydrogen-bond donors (Lipinski definition) is 1. The summed E-state index contributed by atoms with van der Waals surface area (Å²) >= 11 is 0. The first kappa shape index (κ1) is 20.1. The summed E-state index contributed by atoms with van der Waals surface area (Å²) in [6, 6.07) is 12.9. The van der Waals surface area contributed by atoms with Crippen molar-refractivity contribution in [1.29, 1.82) is 0 Å². The Morgan fingerprint density at radius 2 is 1.62 bits per heavy atom. The molecule has 0 saturated carbocycles. The molecule has 6 heteroatoms. The van der Waals surface area contributed by atoms with Crippen molar-refractivity contribution in [2.75, 3.05) is 0 Å². The van der Waals surface area contributed by atoms with Crippen LogP contribution in [-0.2, 0) is 16.7 Å². The fourth-order valence-corrected chi connectivity index (χ4v) is 3.39. The average Bonchev–Trinajstić information content (AvgIpc) is 2.53. The minimum Gasteiger partial charge on any atom is -0.370 e. The van der Waals surface area contributed by atoms with Crippen molar-refractivity contribution >= 4 is 16.1 Å². The lowest BCUT2D eigenvalue weighted by atomic mass is 9.87. The van der Waals surface area contributed by atoms with E-state index in [2.05, 4.69) is 0 Å². The first-order chi connectivity index (χ1) is 12.1. The number of Topliss-reactive ketones (excluding diaryl/α,β-unsaturated/α-hetero) is 1. The zero-order chi connectivity index (χ0) is 19.5. The Morgan fingerprint density at radius 3 is 2.12 bits per heavy atom. The zero-order valence-corrected chi connectivity index (χ0v) is 16.3. The Bertz CT molecular complexity index is 888. The van der Waals surface area contributed by atoms with E-state index in [1.807, 2.05) is 58.0 Å². The van der Waals surface area contributed by atoms with Gasteiger partial charge in [0.2, 0.25) is 0 Å².